The predicted octanol–water partition coefficient (Wildman–Crippen LogP) is 4.18. The van der Waals surface area contributed by atoms with Crippen molar-refractivity contribution in [3.8, 4) is 0 Å². The van der Waals surface area contributed by atoms with Gasteiger partial charge < -0.3 is 20.5 Å². The zero-order chi connectivity index (χ0) is 23.5. The molecule has 7 nitrogen and oxygen atoms in total. The lowest BCUT2D eigenvalue weighted by Crippen LogP contribution is -2.45. The molecule has 3 aromatic carbocycles. The summed E-state index contributed by atoms with van der Waals surface area (Å²) >= 11 is 0. The van der Waals surface area contributed by atoms with Crippen LogP contribution < -0.4 is 10.6 Å². The lowest BCUT2D eigenvalue weighted by Gasteiger charge is -2.19. The number of aryl methyl sites for hydroxylation is 1. The van der Waals surface area contributed by atoms with Crippen molar-refractivity contribution in [3.05, 3.63) is 102 Å². The Labute approximate surface area is 192 Å². The molecule has 3 N–H and O–H groups in total. The largest absolute Gasteiger partial charge is 0.481 e. The molecule has 3 rings (SSSR count). The number of carbonyl (C=O) groups is 3. The SMILES string of the molecule is O=C(O)CCc1ccc(NC(=O)[C@H](Cc2ccccc2)NC(=O)OCc2ccccc2)cc1. The molecule has 170 valence electrons. The van der Waals surface area contributed by atoms with E-state index < -0.39 is 18.1 Å². The summed E-state index contributed by atoms with van der Waals surface area (Å²) in [6, 6.07) is 24.8. The quantitative estimate of drug-likeness (QED) is 0.433. The fourth-order valence-corrected chi connectivity index (χ4v) is 3.20. The predicted molar refractivity (Wildman–Crippen MR) is 125 cm³/mol. The van der Waals surface area contributed by atoms with Crippen molar-refractivity contribution >= 4 is 23.7 Å². The van der Waals surface area contributed by atoms with Crippen molar-refractivity contribution in [3.63, 3.8) is 0 Å². The first-order valence-electron chi connectivity index (χ1n) is 10.6. The van der Waals surface area contributed by atoms with Gasteiger partial charge in [-0.15, -0.1) is 0 Å². The van der Waals surface area contributed by atoms with Gasteiger partial charge in [0.2, 0.25) is 5.91 Å². The van der Waals surface area contributed by atoms with Crippen LogP contribution >= 0.6 is 0 Å². The number of ether oxygens (including phenoxy) is 1. The second kappa shape index (κ2) is 12.0. The standard InChI is InChI=1S/C26H26N2O5/c29-24(30)16-13-19-11-14-22(15-12-19)27-25(31)23(17-20-7-3-1-4-8-20)28-26(32)33-18-21-9-5-2-6-10-21/h1-12,14-15,23H,13,16-18H2,(H,27,31)(H,28,32)(H,29,30)/t23-/m0/s1. The Bertz CT molecular complexity index is 1050. The average Bonchev–Trinajstić information content (AvgIpc) is 2.83. The number of benzene rings is 3. The number of carboxylic acid groups (broad SMARTS) is 1. The molecule has 0 aliphatic heterocycles. The van der Waals surface area contributed by atoms with Crippen molar-refractivity contribution in [2.75, 3.05) is 5.32 Å². The number of nitrogens with one attached hydrogen (secondary N) is 2. The molecule has 33 heavy (non-hydrogen) atoms. The smallest absolute Gasteiger partial charge is 0.408 e. The maximum atomic E-state index is 13.0. The summed E-state index contributed by atoms with van der Waals surface area (Å²) in [7, 11) is 0. The molecular weight excluding hydrogens is 420 g/mol. The van der Waals surface area contributed by atoms with Crippen LogP contribution in [0.3, 0.4) is 0 Å². The maximum absolute atomic E-state index is 13.0. The van der Waals surface area contributed by atoms with Crippen LogP contribution in [0.2, 0.25) is 0 Å². The Balaban J connectivity index is 1.63. The second-order valence-electron chi connectivity index (χ2n) is 7.53. The van der Waals surface area contributed by atoms with Crippen LogP contribution in [-0.2, 0) is 33.8 Å². The van der Waals surface area contributed by atoms with Crippen LogP contribution in [0.15, 0.2) is 84.9 Å². The van der Waals surface area contributed by atoms with Crippen LogP contribution in [0, 0.1) is 0 Å². The van der Waals surface area contributed by atoms with E-state index in [4.69, 9.17) is 9.84 Å². The molecule has 7 heteroatoms. The van der Waals surface area contributed by atoms with Crippen molar-refractivity contribution in [2.45, 2.75) is 31.9 Å². The van der Waals surface area contributed by atoms with Gasteiger partial charge in [-0.1, -0.05) is 72.8 Å². The summed E-state index contributed by atoms with van der Waals surface area (Å²) < 4.78 is 5.28. The van der Waals surface area contributed by atoms with Crippen LogP contribution in [0.5, 0.6) is 0 Å². The molecule has 0 aliphatic carbocycles. The molecule has 0 saturated carbocycles. The summed E-state index contributed by atoms with van der Waals surface area (Å²) in [5, 5.41) is 14.3. The van der Waals surface area contributed by atoms with E-state index in [1.807, 2.05) is 60.7 Å². The molecule has 0 unspecified atom stereocenters. The second-order valence-corrected chi connectivity index (χ2v) is 7.53. The molecule has 0 spiro atoms. The fourth-order valence-electron chi connectivity index (χ4n) is 3.20. The molecule has 0 aromatic heterocycles. The number of alkyl carbamates (subject to hydrolysis) is 1. The molecule has 3 aromatic rings. The van der Waals surface area contributed by atoms with Gasteiger partial charge in [-0.3, -0.25) is 9.59 Å². The molecule has 0 saturated heterocycles. The molecular formula is C26H26N2O5. The van der Waals surface area contributed by atoms with E-state index >= 15 is 0 Å². The first-order valence-corrected chi connectivity index (χ1v) is 10.6. The summed E-state index contributed by atoms with van der Waals surface area (Å²) in [4.78, 5) is 36.1. The van der Waals surface area contributed by atoms with E-state index in [9.17, 15) is 14.4 Å². The van der Waals surface area contributed by atoms with Crippen LogP contribution in [0.25, 0.3) is 0 Å². The molecule has 0 fully saturated rings. The van der Waals surface area contributed by atoms with E-state index in [2.05, 4.69) is 10.6 Å². The van der Waals surface area contributed by atoms with Crippen molar-refractivity contribution in [1.29, 1.82) is 0 Å². The van der Waals surface area contributed by atoms with E-state index in [-0.39, 0.29) is 18.9 Å². The highest BCUT2D eigenvalue weighted by molar-refractivity contribution is 5.96. The van der Waals surface area contributed by atoms with Gasteiger partial charge >= 0.3 is 12.1 Å². The number of carboxylic acids is 1. The zero-order valence-corrected chi connectivity index (χ0v) is 18.1. The summed E-state index contributed by atoms with van der Waals surface area (Å²) in [5.74, 6) is -1.24. The Morgan fingerprint density at radius 2 is 1.39 bits per heavy atom. The fraction of sp³-hybridized carbons (Fsp3) is 0.192. The van der Waals surface area contributed by atoms with Gasteiger partial charge in [0, 0.05) is 18.5 Å². The third kappa shape index (κ3) is 8.14. The highest BCUT2D eigenvalue weighted by atomic mass is 16.5. The Morgan fingerprint density at radius 3 is 2.00 bits per heavy atom. The molecule has 1 atom stereocenters. The van der Waals surface area contributed by atoms with Gasteiger partial charge in [0.1, 0.15) is 12.6 Å². The molecule has 0 heterocycles. The summed E-state index contributed by atoms with van der Waals surface area (Å²) in [6.07, 6.45) is 0.0672. The third-order valence-corrected chi connectivity index (χ3v) is 4.95. The number of amides is 2. The number of anilines is 1. The van der Waals surface area contributed by atoms with Gasteiger partial charge in [0.05, 0.1) is 0 Å². The Hall–Kier alpha value is -4.13. The minimum atomic E-state index is -0.860. The van der Waals surface area contributed by atoms with Crippen LogP contribution in [0.4, 0.5) is 10.5 Å². The van der Waals surface area contributed by atoms with Gasteiger partial charge in [-0.05, 0) is 35.2 Å². The van der Waals surface area contributed by atoms with E-state index in [1.165, 1.54) is 0 Å². The van der Waals surface area contributed by atoms with Gasteiger partial charge in [0.15, 0.2) is 0 Å². The first-order chi connectivity index (χ1) is 16.0. The zero-order valence-electron chi connectivity index (χ0n) is 18.1. The lowest BCUT2D eigenvalue weighted by atomic mass is 10.0. The molecule has 2 amide bonds. The van der Waals surface area contributed by atoms with Crippen molar-refractivity contribution < 1.29 is 24.2 Å². The summed E-state index contributed by atoms with van der Waals surface area (Å²) in [5.41, 5.74) is 3.15. The third-order valence-electron chi connectivity index (χ3n) is 4.95. The van der Waals surface area contributed by atoms with Crippen LogP contribution in [0.1, 0.15) is 23.1 Å². The van der Waals surface area contributed by atoms with Gasteiger partial charge in [-0.2, -0.15) is 0 Å². The lowest BCUT2D eigenvalue weighted by molar-refractivity contribution is -0.137. The van der Waals surface area contributed by atoms with Crippen molar-refractivity contribution in [2.24, 2.45) is 0 Å². The van der Waals surface area contributed by atoms with E-state index in [0.29, 0.717) is 18.5 Å². The first kappa shape index (κ1) is 23.5. The molecule has 0 radical (unpaired) electrons. The van der Waals surface area contributed by atoms with Crippen molar-refractivity contribution in [1.82, 2.24) is 5.32 Å². The van der Waals surface area contributed by atoms with E-state index in [0.717, 1.165) is 16.7 Å². The highest BCUT2D eigenvalue weighted by Gasteiger charge is 2.22. The number of hydrogen-bond donors (Lipinski definition) is 3. The number of rotatable bonds is 10. The number of hydrogen-bond acceptors (Lipinski definition) is 4. The van der Waals surface area contributed by atoms with Gasteiger partial charge in [0.25, 0.3) is 0 Å². The summed E-state index contributed by atoms with van der Waals surface area (Å²) in [6.45, 7) is 0.101. The minimum absolute atomic E-state index is 0.0415. The highest BCUT2D eigenvalue weighted by Crippen LogP contribution is 2.13. The molecule has 0 aliphatic rings. The molecule has 0 bridgehead atoms. The Kier molecular flexibility index (Phi) is 8.59. The van der Waals surface area contributed by atoms with Gasteiger partial charge in [-0.25, -0.2) is 4.79 Å². The topological polar surface area (TPSA) is 105 Å². The normalized spacial score (nSPS) is 11.3. The van der Waals surface area contributed by atoms with E-state index in [1.54, 1.807) is 24.3 Å². The average molecular weight is 447 g/mol. The minimum Gasteiger partial charge on any atom is -0.481 e. The number of carbonyl (C=O) groups excluding carboxylic acids is 2. The number of aliphatic carboxylic acids is 1. The monoisotopic (exact) mass is 446 g/mol. The maximum Gasteiger partial charge on any atom is 0.408 e. The Morgan fingerprint density at radius 1 is 0.788 bits per heavy atom. The van der Waals surface area contributed by atoms with Crippen LogP contribution in [-0.4, -0.2) is 29.1 Å².